The maximum absolute atomic E-state index is 11.3. The average Bonchev–Trinajstić information content (AvgIpc) is 1.97. The van der Waals surface area contributed by atoms with E-state index in [9.17, 15) is 9.59 Å². The summed E-state index contributed by atoms with van der Waals surface area (Å²) in [5.41, 5.74) is -0.509. The van der Waals surface area contributed by atoms with Gasteiger partial charge in [-0.1, -0.05) is 34.1 Å². The van der Waals surface area contributed by atoms with Gasteiger partial charge in [0.05, 0.1) is 0 Å². The molecule has 0 bridgehead atoms. The molecule has 0 unspecified atom stereocenters. The summed E-state index contributed by atoms with van der Waals surface area (Å²) in [6.45, 7) is 7.34. The molecule has 70 valence electrons. The van der Waals surface area contributed by atoms with Gasteiger partial charge in [-0.05, 0) is 6.42 Å². The molecule has 0 rings (SSSR count). The van der Waals surface area contributed by atoms with Crippen LogP contribution in [0.25, 0.3) is 0 Å². The van der Waals surface area contributed by atoms with Gasteiger partial charge in [0.25, 0.3) is 0 Å². The zero-order valence-corrected chi connectivity index (χ0v) is 8.44. The Kier molecular flexibility index (Phi) is 4.15. The third kappa shape index (κ3) is 3.65. The first-order valence-corrected chi connectivity index (χ1v) is 4.47. The summed E-state index contributed by atoms with van der Waals surface area (Å²) < 4.78 is 0. The summed E-state index contributed by atoms with van der Waals surface area (Å²) in [4.78, 5) is 22.5. The molecule has 2 nitrogen and oxygen atoms in total. The number of carbonyl (C=O) groups is 2. The van der Waals surface area contributed by atoms with Gasteiger partial charge in [0.1, 0.15) is 0 Å². The molecule has 0 N–H and O–H groups in total. The molecule has 0 aromatic heterocycles. The van der Waals surface area contributed by atoms with E-state index in [1.54, 1.807) is 20.8 Å². The Balaban J connectivity index is 4.04. The van der Waals surface area contributed by atoms with Gasteiger partial charge < -0.3 is 0 Å². The van der Waals surface area contributed by atoms with Crippen molar-refractivity contribution in [3.63, 3.8) is 0 Å². The molecule has 0 atom stereocenters. The third-order valence-corrected chi connectivity index (χ3v) is 1.69. The molecule has 0 fully saturated rings. The second-order valence-electron chi connectivity index (χ2n) is 4.11. The number of hydrogen-bond donors (Lipinski definition) is 0. The molecular weight excluding hydrogens is 152 g/mol. The van der Waals surface area contributed by atoms with Crippen molar-refractivity contribution in [3.05, 3.63) is 0 Å². The van der Waals surface area contributed by atoms with Crippen LogP contribution in [0.3, 0.4) is 0 Å². The van der Waals surface area contributed by atoms with Crippen LogP contribution in [0, 0.1) is 5.41 Å². The summed E-state index contributed by atoms with van der Waals surface area (Å²) in [5, 5.41) is 0. The Labute approximate surface area is 74.3 Å². The minimum atomic E-state index is -0.509. The Hall–Kier alpha value is -0.660. The molecule has 0 aliphatic carbocycles. The van der Waals surface area contributed by atoms with Gasteiger partial charge in [0, 0.05) is 11.8 Å². The topological polar surface area (TPSA) is 34.1 Å². The van der Waals surface area contributed by atoms with Gasteiger partial charge in [0.15, 0.2) is 5.78 Å². The van der Waals surface area contributed by atoms with Crippen LogP contribution in [0.15, 0.2) is 0 Å². The van der Waals surface area contributed by atoms with Crippen LogP contribution in [-0.2, 0) is 9.59 Å². The van der Waals surface area contributed by atoms with Crippen molar-refractivity contribution in [2.75, 3.05) is 0 Å². The number of Topliss-reactive ketones (excluding diaryl/α,β-unsaturated/α-hetero) is 2. The lowest BCUT2D eigenvalue weighted by atomic mass is 9.87. The molecule has 2 heteroatoms. The maximum atomic E-state index is 11.3. The first-order valence-electron chi connectivity index (χ1n) is 4.47. The molecule has 0 aromatic rings. The molecule has 0 aliphatic rings. The van der Waals surface area contributed by atoms with E-state index in [2.05, 4.69) is 0 Å². The quantitative estimate of drug-likeness (QED) is 0.607. The number of hydrogen-bond acceptors (Lipinski definition) is 2. The van der Waals surface area contributed by atoms with E-state index in [4.69, 9.17) is 0 Å². The fourth-order valence-electron chi connectivity index (χ4n) is 0.869. The van der Waals surface area contributed by atoms with Gasteiger partial charge in [-0.3, -0.25) is 9.59 Å². The molecule has 0 spiro atoms. The van der Waals surface area contributed by atoms with Gasteiger partial charge in [-0.25, -0.2) is 0 Å². The molecule has 0 aliphatic heterocycles. The van der Waals surface area contributed by atoms with Crippen molar-refractivity contribution in [1.82, 2.24) is 0 Å². The normalized spacial score (nSPS) is 11.3. The van der Waals surface area contributed by atoms with Crippen LogP contribution < -0.4 is 0 Å². The van der Waals surface area contributed by atoms with Crippen molar-refractivity contribution in [2.45, 2.75) is 47.0 Å². The van der Waals surface area contributed by atoms with Crippen molar-refractivity contribution in [2.24, 2.45) is 5.41 Å². The molecule has 0 amide bonds. The van der Waals surface area contributed by atoms with Gasteiger partial charge in [-0.2, -0.15) is 0 Å². The Morgan fingerprint density at radius 2 is 1.67 bits per heavy atom. The Morgan fingerprint density at radius 1 is 1.17 bits per heavy atom. The largest absolute Gasteiger partial charge is 0.291 e. The van der Waals surface area contributed by atoms with Gasteiger partial charge in [-0.15, -0.1) is 0 Å². The van der Waals surface area contributed by atoms with E-state index in [-0.39, 0.29) is 11.6 Å². The van der Waals surface area contributed by atoms with Crippen LogP contribution in [-0.4, -0.2) is 11.6 Å². The van der Waals surface area contributed by atoms with Gasteiger partial charge >= 0.3 is 0 Å². The predicted molar refractivity (Wildman–Crippen MR) is 49.0 cm³/mol. The number of carbonyl (C=O) groups excluding carboxylic acids is 2. The first-order chi connectivity index (χ1) is 5.39. The van der Waals surface area contributed by atoms with E-state index in [0.717, 1.165) is 12.8 Å². The Bertz CT molecular complexity index is 175. The van der Waals surface area contributed by atoms with Crippen molar-refractivity contribution >= 4 is 11.6 Å². The van der Waals surface area contributed by atoms with Gasteiger partial charge in [0.2, 0.25) is 5.78 Å². The van der Waals surface area contributed by atoms with Crippen molar-refractivity contribution in [3.8, 4) is 0 Å². The van der Waals surface area contributed by atoms with Crippen LogP contribution in [0.4, 0.5) is 0 Å². The first kappa shape index (κ1) is 11.3. The highest BCUT2D eigenvalue weighted by atomic mass is 16.2. The van der Waals surface area contributed by atoms with Crippen LogP contribution in [0.2, 0.25) is 0 Å². The summed E-state index contributed by atoms with van der Waals surface area (Å²) >= 11 is 0. The second-order valence-corrected chi connectivity index (χ2v) is 4.11. The number of rotatable bonds is 4. The highest BCUT2D eigenvalue weighted by Gasteiger charge is 2.26. The molecule has 12 heavy (non-hydrogen) atoms. The van der Waals surface area contributed by atoms with Crippen LogP contribution in [0.1, 0.15) is 47.0 Å². The lowest BCUT2D eigenvalue weighted by molar-refractivity contribution is -0.141. The van der Waals surface area contributed by atoms with Crippen LogP contribution in [0.5, 0.6) is 0 Å². The highest BCUT2D eigenvalue weighted by Crippen LogP contribution is 2.16. The standard InChI is InChI=1S/C10H18O2/c1-5-6-7-8(11)9(12)10(2,3)4/h5-7H2,1-4H3. The smallest absolute Gasteiger partial charge is 0.203 e. The summed E-state index contributed by atoms with van der Waals surface area (Å²) in [5.74, 6) is -0.458. The lowest BCUT2D eigenvalue weighted by Crippen LogP contribution is -2.28. The van der Waals surface area contributed by atoms with E-state index >= 15 is 0 Å². The Morgan fingerprint density at radius 3 is 2.00 bits per heavy atom. The molecule has 0 saturated carbocycles. The molecule has 0 heterocycles. The number of unbranched alkanes of at least 4 members (excludes halogenated alkanes) is 1. The fourth-order valence-corrected chi connectivity index (χ4v) is 0.869. The van der Waals surface area contributed by atoms with E-state index in [1.807, 2.05) is 6.92 Å². The molecule has 0 radical (unpaired) electrons. The SMILES string of the molecule is CCCCC(=O)C(=O)C(C)(C)C. The fraction of sp³-hybridized carbons (Fsp3) is 0.800. The summed E-state index contributed by atoms with van der Waals surface area (Å²) in [6, 6.07) is 0. The van der Waals surface area contributed by atoms with E-state index in [0.29, 0.717) is 6.42 Å². The zero-order chi connectivity index (χ0) is 9.78. The lowest BCUT2D eigenvalue weighted by Gasteiger charge is -2.14. The predicted octanol–water partition coefficient (Wildman–Crippen LogP) is 2.36. The average molecular weight is 170 g/mol. The monoisotopic (exact) mass is 170 g/mol. The zero-order valence-electron chi connectivity index (χ0n) is 8.44. The van der Waals surface area contributed by atoms with Crippen molar-refractivity contribution in [1.29, 1.82) is 0 Å². The summed E-state index contributed by atoms with van der Waals surface area (Å²) in [7, 11) is 0. The highest BCUT2D eigenvalue weighted by molar-refractivity contribution is 6.38. The minimum Gasteiger partial charge on any atom is -0.291 e. The number of ketones is 2. The van der Waals surface area contributed by atoms with E-state index < -0.39 is 5.41 Å². The van der Waals surface area contributed by atoms with Crippen molar-refractivity contribution < 1.29 is 9.59 Å². The summed E-state index contributed by atoms with van der Waals surface area (Å²) in [6.07, 6.45) is 2.19. The third-order valence-electron chi connectivity index (χ3n) is 1.69. The van der Waals surface area contributed by atoms with Crippen LogP contribution >= 0.6 is 0 Å². The minimum absolute atomic E-state index is 0.218. The second kappa shape index (κ2) is 4.39. The molecule has 0 saturated heterocycles. The molecule has 0 aromatic carbocycles. The maximum Gasteiger partial charge on any atom is 0.203 e. The molecular formula is C10H18O2. The van der Waals surface area contributed by atoms with E-state index in [1.165, 1.54) is 0 Å².